The third kappa shape index (κ3) is 4.80. The molecule has 3 nitrogen and oxygen atoms in total. The van der Waals surface area contributed by atoms with Gasteiger partial charge in [-0.05, 0) is 43.5 Å². The average Bonchev–Trinajstić information content (AvgIpc) is 3.12. The van der Waals surface area contributed by atoms with Gasteiger partial charge in [-0.15, -0.1) is 17.8 Å². The maximum absolute atomic E-state index is 6.53. The van der Waals surface area contributed by atoms with Crippen LogP contribution >= 0.6 is 22.9 Å². The Labute approximate surface area is 188 Å². The molecule has 2 aromatic carbocycles. The van der Waals surface area contributed by atoms with Crippen molar-refractivity contribution in [3.8, 4) is 29.4 Å². The molecule has 3 aromatic rings. The number of terminal acetylenes is 1. The van der Waals surface area contributed by atoms with Gasteiger partial charge in [0.1, 0.15) is 5.75 Å². The highest BCUT2D eigenvalue weighted by atomic mass is 35.5. The first-order valence-electron chi connectivity index (χ1n) is 10.1. The van der Waals surface area contributed by atoms with Crippen molar-refractivity contribution >= 4 is 28.1 Å². The number of anilines is 1. The maximum Gasteiger partial charge on any atom is 0.184 e. The minimum absolute atomic E-state index is 0.140. The molecule has 0 amide bonds. The van der Waals surface area contributed by atoms with E-state index in [1.54, 1.807) is 18.4 Å². The number of benzene rings is 2. The summed E-state index contributed by atoms with van der Waals surface area (Å²) >= 11 is 8.13. The van der Waals surface area contributed by atoms with Crippen LogP contribution in [0.1, 0.15) is 41.7 Å². The van der Waals surface area contributed by atoms with E-state index < -0.39 is 0 Å². The van der Waals surface area contributed by atoms with E-state index in [2.05, 4.69) is 49.4 Å². The first-order chi connectivity index (χ1) is 14.5. The molecule has 0 fully saturated rings. The number of nitrogens with one attached hydrogen (secondary N) is 1. The predicted octanol–water partition coefficient (Wildman–Crippen LogP) is 7.09. The Morgan fingerprint density at radius 3 is 2.60 bits per heavy atom. The number of aryl methyl sites for hydroxylation is 2. The number of halogens is 1. The van der Waals surface area contributed by atoms with E-state index >= 15 is 0 Å². The molecule has 1 unspecified atom stereocenters. The van der Waals surface area contributed by atoms with Crippen LogP contribution in [0, 0.1) is 26.2 Å². The number of hydrogen-bond acceptors (Lipinski definition) is 4. The van der Waals surface area contributed by atoms with Crippen LogP contribution in [-0.4, -0.2) is 18.1 Å². The minimum Gasteiger partial charge on any atom is -0.496 e. The zero-order valence-corrected chi connectivity index (χ0v) is 19.4. The first kappa shape index (κ1) is 22.2. The number of hydrogen-bond donors (Lipinski definition) is 1. The van der Waals surface area contributed by atoms with Gasteiger partial charge in [0, 0.05) is 16.4 Å². The second-order valence-corrected chi connectivity index (χ2v) is 8.93. The average molecular weight is 439 g/mol. The molecule has 1 heterocycles. The molecule has 0 spiro atoms. The molecule has 156 valence electrons. The lowest BCUT2D eigenvalue weighted by molar-refractivity contribution is 0.412. The molecule has 1 N–H and O–H groups in total. The fourth-order valence-electron chi connectivity index (χ4n) is 3.70. The molecule has 5 heteroatoms. The summed E-state index contributed by atoms with van der Waals surface area (Å²) in [5.74, 6) is 3.94. The summed E-state index contributed by atoms with van der Waals surface area (Å²) in [5.41, 5.74) is 4.05. The molecule has 0 aliphatic rings. The van der Waals surface area contributed by atoms with Gasteiger partial charge < -0.3 is 10.1 Å². The Kier molecular flexibility index (Phi) is 7.42. The van der Waals surface area contributed by atoms with Crippen LogP contribution in [0.3, 0.4) is 0 Å². The molecule has 1 aromatic heterocycles. The number of thiazole rings is 1. The summed E-state index contributed by atoms with van der Waals surface area (Å²) in [4.78, 5) is 5.94. The van der Waals surface area contributed by atoms with Crippen molar-refractivity contribution in [2.24, 2.45) is 0 Å². The van der Waals surface area contributed by atoms with Gasteiger partial charge in [0.2, 0.25) is 0 Å². The number of nitrogens with zero attached hydrogens (tertiary/aromatic N) is 1. The van der Waals surface area contributed by atoms with Crippen molar-refractivity contribution in [2.45, 2.75) is 45.6 Å². The van der Waals surface area contributed by atoms with E-state index in [4.69, 9.17) is 27.7 Å². The smallest absolute Gasteiger partial charge is 0.184 e. The van der Waals surface area contributed by atoms with E-state index in [1.165, 1.54) is 5.56 Å². The third-order valence-electron chi connectivity index (χ3n) is 5.22. The Bertz CT molecular complexity index is 1040. The van der Waals surface area contributed by atoms with Crippen LogP contribution in [0.5, 0.6) is 5.75 Å². The lowest BCUT2D eigenvalue weighted by Crippen LogP contribution is -2.26. The zero-order chi connectivity index (χ0) is 21.7. The van der Waals surface area contributed by atoms with E-state index in [0.29, 0.717) is 5.02 Å². The van der Waals surface area contributed by atoms with Gasteiger partial charge in [0.25, 0.3) is 0 Å². The molecular formula is C25H27ClN2OS. The monoisotopic (exact) mass is 438 g/mol. The summed E-state index contributed by atoms with van der Waals surface area (Å²) in [5, 5.41) is 4.94. The molecule has 0 bridgehead atoms. The highest BCUT2D eigenvalue weighted by Gasteiger charge is 2.23. The highest BCUT2D eigenvalue weighted by molar-refractivity contribution is 7.16. The van der Waals surface area contributed by atoms with Gasteiger partial charge >= 0.3 is 0 Å². The Hall–Kier alpha value is -2.48. The third-order valence-corrected chi connectivity index (χ3v) is 6.44. The predicted molar refractivity (Wildman–Crippen MR) is 129 cm³/mol. The van der Waals surface area contributed by atoms with Gasteiger partial charge in [-0.3, -0.25) is 0 Å². The van der Waals surface area contributed by atoms with Gasteiger partial charge in [0.05, 0.1) is 23.9 Å². The summed E-state index contributed by atoms with van der Waals surface area (Å²) in [6.07, 6.45) is 8.01. The maximum atomic E-state index is 6.53. The van der Waals surface area contributed by atoms with Gasteiger partial charge in [-0.25, -0.2) is 4.98 Å². The summed E-state index contributed by atoms with van der Waals surface area (Å²) in [7, 11) is 1.65. The van der Waals surface area contributed by atoms with E-state index in [1.807, 2.05) is 25.1 Å². The largest absolute Gasteiger partial charge is 0.496 e. The molecule has 0 aliphatic heterocycles. The summed E-state index contributed by atoms with van der Waals surface area (Å²) in [6.45, 7) is 6.24. The minimum atomic E-state index is -0.140. The topological polar surface area (TPSA) is 34.2 Å². The SMILES string of the molecule is C#CC(Nc1nc(-c2cc(C)c(OC)cc2Cl)c(C)s1)[C@@H](CCC)c1ccccc1. The Balaban J connectivity index is 1.91. The summed E-state index contributed by atoms with van der Waals surface area (Å²) in [6, 6.07) is 14.2. The second kappa shape index (κ2) is 10.0. The van der Waals surface area contributed by atoms with Crippen LogP contribution in [0.15, 0.2) is 42.5 Å². The highest BCUT2D eigenvalue weighted by Crippen LogP contribution is 2.38. The van der Waals surface area contributed by atoms with Crippen molar-refractivity contribution in [1.82, 2.24) is 4.98 Å². The molecule has 30 heavy (non-hydrogen) atoms. The van der Waals surface area contributed by atoms with E-state index in [9.17, 15) is 0 Å². The van der Waals surface area contributed by atoms with Crippen molar-refractivity contribution < 1.29 is 4.74 Å². The van der Waals surface area contributed by atoms with E-state index in [-0.39, 0.29) is 12.0 Å². The molecule has 0 radical (unpaired) electrons. The summed E-state index contributed by atoms with van der Waals surface area (Å²) < 4.78 is 5.37. The molecule has 0 aliphatic carbocycles. The Morgan fingerprint density at radius 1 is 1.23 bits per heavy atom. The van der Waals surface area contributed by atoms with Gasteiger partial charge in [-0.1, -0.05) is 61.2 Å². The van der Waals surface area contributed by atoms with Crippen molar-refractivity contribution in [1.29, 1.82) is 0 Å². The van der Waals surface area contributed by atoms with Crippen molar-refractivity contribution in [3.05, 3.63) is 63.5 Å². The van der Waals surface area contributed by atoms with Gasteiger partial charge in [0.15, 0.2) is 5.13 Å². The number of methoxy groups -OCH3 is 1. The van der Waals surface area contributed by atoms with Crippen LogP contribution in [-0.2, 0) is 0 Å². The van der Waals surface area contributed by atoms with Crippen LogP contribution < -0.4 is 10.1 Å². The lowest BCUT2D eigenvalue weighted by atomic mass is 9.88. The first-order valence-corrected chi connectivity index (χ1v) is 11.3. The zero-order valence-electron chi connectivity index (χ0n) is 17.8. The number of ether oxygens (including phenoxy) is 1. The fourth-order valence-corrected chi connectivity index (χ4v) is 4.81. The molecule has 0 saturated heterocycles. The lowest BCUT2D eigenvalue weighted by Gasteiger charge is -2.24. The molecule has 2 atom stereocenters. The Morgan fingerprint density at radius 2 is 1.97 bits per heavy atom. The second-order valence-electron chi connectivity index (χ2n) is 7.32. The molecular weight excluding hydrogens is 412 g/mol. The fraction of sp³-hybridized carbons (Fsp3) is 0.320. The van der Waals surface area contributed by atoms with Crippen molar-refractivity contribution in [3.63, 3.8) is 0 Å². The quantitative estimate of drug-likeness (QED) is 0.381. The molecule has 0 saturated carbocycles. The van der Waals surface area contributed by atoms with E-state index in [0.717, 1.165) is 45.4 Å². The number of aromatic nitrogens is 1. The standard InChI is InChI=1S/C25H27ClN2OS/c1-6-11-19(18-12-9-8-10-13-18)22(7-2)27-25-28-24(17(4)30-25)20-14-16(3)23(29-5)15-21(20)26/h2,8-10,12-15,19,22H,6,11H2,1,3-5H3,(H,27,28)/t19-,22?/m0/s1. The van der Waals surface area contributed by atoms with Crippen LogP contribution in [0.25, 0.3) is 11.3 Å². The normalized spacial score (nSPS) is 12.8. The van der Waals surface area contributed by atoms with Crippen molar-refractivity contribution in [2.75, 3.05) is 12.4 Å². The molecule has 3 rings (SSSR count). The van der Waals surface area contributed by atoms with Gasteiger partial charge in [-0.2, -0.15) is 0 Å². The van der Waals surface area contributed by atoms with Crippen LogP contribution in [0.2, 0.25) is 5.02 Å². The number of rotatable bonds is 8. The van der Waals surface area contributed by atoms with Crippen LogP contribution in [0.4, 0.5) is 5.13 Å².